The summed E-state index contributed by atoms with van der Waals surface area (Å²) in [5.41, 5.74) is 6.05. The van der Waals surface area contributed by atoms with Crippen LogP contribution < -0.4 is 19.7 Å². The number of amides is 1. The van der Waals surface area contributed by atoms with Gasteiger partial charge in [-0.25, -0.2) is 9.97 Å². The number of aromatic nitrogens is 5. The molecule has 4 heterocycles. The van der Waals surface area contributed by atoms with Crippen LogP contribution in [0.4, 0.5) is 17.2 Å². The Balaban J connectivity index is 1.24. The van der Waals surface area contributed by atoms with E-state index in [0.717, 1.165) is 51.1 Å². The molecule has 2 aromatic carbocycles. The van der Waals surface area contributed by atoms with E-state index in [2.05, 4.69) is 31.6 Å². The predicted molar refractivity (Wildman–Crippen MR) is 141 cm³/mol. The van der Waals surface area contributed by atoms with Crippen molar-refractivity contribution < 1.29 is 18.8 Å². The number of methoxy groups -OCH3 is 2. The Kier molecular flexibility index (Phi) is 5.87. The summed E-state index contributed by atoms with van der Waals surface area (Å²) in [4.78, 5) is 24.0. The summed E-state index contributed by atoms with van der Waals surface area (Å²) in [6, 6.07) is 9.66. The second kappa shape index (κ2) is 9.51. The fraction of sp³-hybridized carbons (Fsp3) is 0.222. The molecule has 6 rings (SSSR count). The zero-order chi connectivity index (χ0) is 26.2. The van der Waals surface area contributed by atoms with E-state index < -0.39 is 0 Å². The smallest absolute Gasteiger partial charge is 0.233 e. The number of anilines is 3. The van der Waals surface area contributed by atoms with E-state index in [4.69, 9.17) is 14.0 Å². The molecule has 0 spiro atoms. The van der Waals surface area contributed by atoms with Gasteiger partial charge in [0.15, 0.2) is 11.5 Å². The van der Waals surface area contributed by atoms with Crippen LogP contribution in [0.25, 0.3) is 22.0 Å². The van der Waals surface area contributed by atoms with Crippen LogP contribution in [-0.4, -0.2) is 51.6 Å². The molecule has 11 nitrogen and oxygen atoms in total. The van der Waals surface area contributed by atoms with Crippen LogP contribution in [0, 0.1) is 0 Å². The first-order valence-corrected chi connectivity index (χ1v) is 12.0. The largest absolute Gasteiger partial charge is 0.493 e. The number of nitrogens with one attached hydrogen (secondary N) is 1. The molecule has 11 heteroatoms. The molecule has 5 aromatic rings. The minimum absolute atomic E-state index is 0.00796. The van der Waals surface area contributed by atoms with Gasteiger partial charge in [0.25, 0.3) is 0 Å². The molecule has 1 aliphatic rings. The fourth-order valence-electron chi connectivity index (χ4n) is 4.85. The van der Waals surface area contributed by atoms with Gasteiger partial charge in [0.2, 0.25) is 5.91 Å². The first-order valence-electron chi connectivity index (χ1n) is 12.0. The lowest BCUT2D eigenvalue weighted by atomic mass is 10.1. The van der Waals surface area contributed by atoms with Crippen LogP contribution in [0.3, 0.4) is 0 Å². The predicted octanol–water partition coefficient (Wildman–Crippen LogP) is 3.91. The summed E-state index contributed by atoms with van der Waals surface area (Å²) in [7, 11) is 5.02. The first kappa shape index (κ1) is 23.5. The molecule has 0 unspecified atom stereocenters. The zero-order valence-corrected chi connectivity index (χ0v) is 21.1. The van der Waals surface area contributed by atoms with Gasteiger partial charge >= 0.3 is 0 Å². The molecule has 1 aliphatic heterocycles. The van der Waals surface area contributed by atoms with Crippen molar-refractivity contribution in [1.29, 1.82) is 0 Å². The molecule has 1 N–H and O–H groups in total. The summed E-state index contributed by atoms with van der Waals surface area (Å²) in [6.45, 7) is 0.617. The van der Waals surface area contributed by atoms with Crippen molar-refractivity contribution in [2.24, 2.45) is 7.05 Å². The van der Waals surface area contributed by atoms with Crippen molar-refractivity contribution in [3.8, 4) is 22.6 Å². The highest BCUT2D eigenvalue weighted by atomic mass is 16.5. The normalized spacial score (nSPS) is 12.6. The minimum Gasteiger partial charge on any atom is -0.493 e. The number of hydrogen-bond donors (Lipinski definition) is 1. The maximum absolute atomic E-state index is 13.4. The van der Waals surface area contributed by atoms with Gasteiger partial charge in [0.05, 0.1) is 44.2 Å². The van der Waals surface area contributed by atoms with Gasteiger partial charge in [0.1, 0.15) is 18.4 Å². The zero-order valence-electron chi connectivity index (χ0n) is 21.1. The number of benzene rings is 2. The van der Waals surface area contributed by atoms with Crippen LogP contribution in [0.5, 0.6) is 11.5 Å². The van der Waals surface area contributed by atoms with Crippen molar-refractivity contribution in [2.75, 3.05) is 31.0 Å². The Hall–Kier alpha value is -4.93. The third-order valence-electron chi connectivity index (χ3n) is 6.80. The van der Waals surface area contributed by atoms with Gasteiger partial charge in [0, 0.05) is 47.5 Å². The number of hydrogen-bond acceptors (Lipinski definition) is 9. The topological polar surface area (TPSA) is 120 Å². The molecule has 192 valence electrons. The van der Waals surface area contributed by atoms with Gasteiger partial charge in [-0.3, -0.25) is 9.48 Å². The average Bonchev–Trinajstić information content (AvgIpc) is 3.69. The maximum Gasteiger partial charge on any atom is 0.233 e. The fourth-order valence-corrected chi connectivity index (χ4v) is 4.85. The lowest BCUT2D eigenvalue weighted by molar-refractivity contribution is -0.118. The van der Waals surface area contributed by atoms with E-state index >= 15 is 0 Å². The lowest BCUT2D eigenvalue weighted by Gasteiger charge is -2.18. The molecule has 3 aromatic heterocycles. The molecule has 0 atom stereocenters. The molecule has 0 aliphatic carbocycles. The molecule has 1 amide bonds. The highest BCUT2D eigenvalue weighted by molar-refractivity contribution is 5.98. The standard InChI is InChI=1S/C27H25N7O4/c1-33-23(20(13-30-33)17-12-31-38-14-17)11-26(35)34-7-6-16-8-18(4-5-22(16)34)32-27-19-9-24(36-2)25(37-3)10-21(19)28-15-29-27/h4-5,8-10,12-15H,6-7,11H2,1-3H3,(H,28,29,32). The highest BCUT2D eigenvalue weighted by Crippen LogP contribution is 2.36. The molecule has 0 bridgehead atoms. The van der Waals surface area contributed by atoms with Crippen molar-refractivity contribution in [1.82, 2.24) is 24.9 Å². The number of carbonyl (C=O) groups excluding carboxylic acids is 1. The Labute approximate surface area is 218 Å². The minimum atomic E-state index is 0.00796. The first-order chi connectivity index (χ1) is 18.6. The van der Waals surface area contributed by atoms with Crippen molar-refractivity contribution in [3.05, 3.63) is 66.6 Å². The highest BCUT2D eigenvalue weighted by Gasteiger charge is 2.27. The molecule has 0 saturated carbocycles. The van der Waals surface area contributed by atoms with E-state index in [0.29, 0.717) is 23.9 Å². The van der Waals surface area contributed by atoms with E-state index in [-0.39, 0.29) is 12.3 Å². The van der Waals surface area contributed by atoms with E-state index in [1.165, 1.54) is 6.33 Å². The SMILES string of the molecule is COc1cc2ncnc(Nc3ccc4c(c3)CCN4C(=O)Cc3c(-c4cnoc4)cnn3C)c2cc1OC. The Morgan fingerprint density at radius 3 is 2.74 bits per heavy atom. The van der Waals surface area contributed by atoms with Crippen LogP contribution in [0.1, 0.15) is 11.3 Å². The quantitative estimate of drug-likeness (QED) is 0.347. The van der Waals surface area contributed by atoms with Crippen molar-refractivity contribution >= 4 is 34.0 Å². The van der Waals surface area contributed by atoms with Crippen molar-refractivity contribution in [3.63, 3.8) is 0 Å². The van der Waals surface area contributed by atoms with Crippen LogP contribution in [0.2, 0.25) is 0 Å². The second-order valence-corrected chi connectivity index (χ2v) is 8.93. The summed E-state index contributed by atoms with van der Waals surface area (Å²) in [6.07, 6.45) is 7.39. The van der Waals surface area contributed by atoms with E-state index in [1.807, 2.05) is 36.2 Å². The molecule has 0 saturated heterocycles. The van der Waals surface area contributed by atoms with E-state index in [1.54, 1.807) is 37.6 Å². The monoisotopic (exact) mass is 511 g/mol. The molecular weight excluding hydrogens is 486 g/mol. The Bertz CT molecular complexity index is 1650. The Morgan fingerprint density at radius 2 is 1.95 bits per heavy atom. The third-order valence-corrected chi connectivity index (χ3v) is 6.80. The van der Waals surface area contributed by atoms with Gasteiger partial charge < -0.3 is 24.2 Å². The summed E-state index contributed by atoms with van der Waals surface area (Å²) in [5.74, 6) is 1.86. The summed E-state index contributed by atoms with van der Waals surface area (Å²) < 4.78 is 17.6. The number of fused-ring (bicyclic) bond motifs is 2. The number of aryl methyl sites for hydroxylation is 1. The second-order valence-electron chi connectivity index (χ2n) is 8.93. The molecule has 38 heavy (non-hydrogen) atoms. The van der Waals surface area contributed by atoms with Gasteiger partial charge in [-0.2, -0.15) is 5.10 Å². The maximum atomic E-state index is 13.4. The van der Waals surface area contributed by atoms with Gasteiger partial charge in [-0.05, 0) is 36.2 Å². The van der Waals surface area contributed by atoms with Crippen LogP contribution in [0.15, 0.2) is 59.8 Å². The molecule has 0 fully saturated rings. The number of nitrogens with zero attached hydrogens (tertiary/aromatic N) is 6. The molecular formula is C27H25N7O4. The van der Waals surface area contributed by atoms with Gasteiger partial charge in [-0.1, -0.05) is 5.16 Å². The number of ether oxygens (including phenoxy) is 2. The Morgan fingerprint density at radius 1 is 1.11 bits per heavy atom. The summed E-state index contributed by atoms with van der Waals surface area (Å²) >= 11 is 0. The lowest BCUT2D eigenvalue weighted by Crippen LogP contribution is -2.31. The third kappa shape index (κ3) is 4.07. The summed E-state index contributed by atoms with van der Waals surface area (Å²) in [5, 5.41) is 12.3. The van der Waals surface area contributed by atoms with Crippen LogP contribution >= 0.6 is 0 Å². The van der Waals surface area contributed by atoms with Gasteiger partial charge in [-0.15, -0.1) is 0 Å². The number of rotatable bonds is 7. The molecule has 0 radical (unpaired) electrons. The van der Waals surface area contributed by atoms with E-state index in [9.17, 15) is 4.79 Å². The van der Waals surface area contributed by atoms with Crippen molar-refractivity contribution in [2.45, 2.75) is 12.8 Å². The average molecular weight is 512 g/mol. The van der Waals surface area contributed by atoms with Crippen LogP contribution in [-0.2, 0) is 24.7 Å². The number of carbonyl (C=O) groups is 1.